The number of hydrogen-bond donors (Lipinski definition) is 0. The van der Waals surface area contributed by atoms with Crippen molar-refractivity contribution in [1.29, 1.82) is 0 Å². The van der Waals surface area contributed by atoms with Gasteiger partial charge in [-0.25, -0.2) is 0 Å². The number of Topliss-reactive ketones (excluding diaryl/α,β-unsaturated/α-hetero) is 1. The Hall–Kier alpha value is -1.35. The lowest BCUT2D eigenvalue weighted by Crippen LogP contribution is -2.47. The molecule has 2 aliphatic rings. The molecule has 0 aromatic heterocycles. The molecule has 0 spiro atoms. The molecular weight excluding hydrogens is 214 g/mol. The Morgan fingerprint density at radius 2 is 1.94 bits per heavy atom. The molecular formula is C14H17NO2. The number of para-hydroxylation sites is 1. The topological polar surface area (TPSA) is 29.5 Å². The Kier molecular flexibility index (Phi) is 2.85. The van der Waals surface area contributed by atoms with Crippen molar-refractivity contribution in [2.24, 2.45) is 0 Å². The van der Waals surface area contributed by atoms with E-state index in [-0.39, 0.29) is 0 Å². The molecule has 2 heterocycles. The van der Waals surface area contributed by atoms with Crippen molar-refractivity contribution in [2.45, 2.75) is 25.3 Å². The Labute approximate surface area is 101 Å². The molecule has 0 amide bonds. The highest BCUT2D eigenvalue weighted by atomic mass is 16.5. The molecule has 0 N–H and O–H groups in total. The fraction of sp³-hybridized carbons (Fsp3) is 0.500. The van der Waals surface area contributed by atoms with E-state index in [1.54, 1.807) is 0 Å². The van der Waals surface area contributed by atoms with E-state index >= 15 is 0 Å². The van der Waals surface area contributed by atoms with Crippen molar-refractivity contribution in [3.05, 3.63) is 29.8 Å². The van der Waals surface area contributed by atoms with Gasteiger partial charge in [-0.1, -0.05) is 18.2 Å². The van der Waals surface area contributed by atoms with E-state index in [1.165, 1.54) is 5.56 Å². The summed E-state index contributed by atoms with van der Waals surface area (Å²) in [5.41, 5.74) is 1.29. The molecule has 0 radical (unpaired) electrons. The number of carbonyl (C=O) groups is 1. The highest BCUT2D eigenvalue weighted by molar-refractivity contribution is 5.79. The van der Waals surface area contributed by atoms with Crippen LogP contribution in [0.15, 0.2) is 24.3 Å². The average Bonchev–Trinajstić information content (AvgIpc) is 2.39. The average molecular weight is 231 g/mol. The van der Waals surface area contributed by atoms with Gasteiger partial charge in [-0.3, -0.25) is 9.69 Å². The summed E-state index contributed by atoms with van der Waals surface area (Å²) in [6, 6.07) is 8.68. The van der Waals surface area contributed by atoms with Crippen LogP contribution in [0.25, 0.3) is 0 Å². The number of ketones is 1. The quantitative estimate of drug-likeness (QED) is 0.736. The second-order valence-electron chi connectivity index (χ2n) is 4.85. The first kappa shape index (κ1) is 10.8. The number of piperidine rings is 1. The van der Waals surface area contributed by atoms with Gasteiger partial charge in [0.05, 0.1) is 0 Å². The van der Waals surface area contributed by atoms with Crippen LogP contribution in [-0.2, 0) is 11.2 Å². The lowest BCUT2D eigenvalue weighted by Gasteiger charge is -2.36. The summed E-state index contributed by atoms with van der Waals surface area (Å²) >= 11 is 0. The van der Waals surface area contributed by atoms with Gasteiger partial charge in [0.15, 0.2) is 0 Å². The first-order valence-corrected chi connectivity index (χ1v) is 6.29. The molecule has 90 valence electrons. The highest BCUT2D eigenvalue weighted by Gasteiger charge is 2.27. The van der Waals surface area contributed by atoms with Crippen molar-refractivity contribution in [2.75, 3.05) is 19.7 Å². The third-order valence-corrected chi connectivity index (χ3v) is 3.73. The van der Waals surface area contributed by atoms with Gasteiger partial charge < -0.3 is 4.74 Å². The summed E-state index contributed by atoms with van der Waals surface area (Å²) in [5, 5.41) is 0. The molecule has 1 atom stereocenters. The van der Waals surface area contributed by atoms with Gasteiger partial charge >= 0.3 is 0 Å². The molecule has 2 aliphatic heterocycles. The molecule has 0 bridgehead atoms. The van der Waals surface area contributed by atoms with E-state index in [0.29, 0.717) is 24.7 Å². The molecule has 17 heavy (non-hydrogen) atoms. The van der Waals surface area contributed by atoms with E-state index in [4.69, 9.17) is 4.74 Å². The first-order valence-electron chi connectivity index (χ1n) is 6.29. The smallest absolute Gasteiger partial charge is 0.135 e. The van der Waals surface area contributed by atoms with Crippen LogP contribution in [0.2, 0.25) is 0 Å². The minimum atomic E-state index is 0.401. The van der Waals surface area contributed by atoms with Crippen LogP contribution < -0.4 is 4.74 Å². The molecule has 3 nitrogen and oxygen atoms in total. The van der Waals surface area contributed by atoms with Crippen molar-refractivity contribution in [1.82, 2.24) is 4.90 Å². The molecule has 0 aliphatic carbocycles. The monoisotopic (exact) mass is 231 g/mol. The maximum Gasteiger partial charge on any atom is 0.135 e. The van der Waals surface area contributed by atoms with E-state index in [9.17, 15) is 4.79 Å². The second kappa shape index (κ2) is 4.49. The molecule has 3 heteroatoms. The van der Waals surface area contributed by atoms with E-state index in [0.717, 1.165) is 31.9 Å². The number of benzene rings is 1. The number of likely N-dealkylation sites (tertiary alicyclic amines) is 1. The van der Waals surface area contributed by atoms with Gasteiger partial charge in [0.2, 0.25) is 0 Å². The van der Waals surface area contributed by atoms with Gasteiger partial charge in [-0.05, 0) is 18.1 Å². The highest BCUT2D eigenvalue weighted by Crippen LogP contribution is 2.26. The van der Waals surface area contributed by atoms with Crippen LogP contribution in [-0.4, -0.2) is 36.4 Å². The van der Waals surface area contributed by atoms with E-state index in [2.05, 4.69) is 17.0 Å². The number of fused-ring (bicyclic) bond motifs is 1. The number of hydrogen-bond acceptors (Lipinski definition) is 3. The van der Waals surface area contributed by atoms with Crippen molar-refractivity contribution < 1.29 is 9.53 Å². The number of nitrogens with zero attached hydrogens (tertiary/aromatic N) is 1. The predicted octanol–water partition coefficient (Wildman–Crippen LogP) is 1.66. The maximum absolute atomic E-state index is 11.2. The summed E-state index contributed by atoms with van der Waals surface area (Å²) in [5.74, 6) is 1.43. The number of ether oxygens (including phenoxy) is 1. The van der Waals surface area contributed by atoms with E-state index < -0.39 is 0 Å². The largest absolute Gasteiger partial charge is 0.492 e. The Balaban J connectivity index is 1.69. The zero-order valence-corrected chi connectivity index (χ0v) is 9.89. The van der Waals surface area contributed by atoms with Crippen molar-refractivity contribution >= 4 is 5.78 Å². The molecule has 1 fully saturated rings. The summed E-state index contributed by atoms with van der Waals surface area (Å²) in [4.78, 5) is 13.6. The maximum atomic E-state index is 11.2. The van der Waals surface area contributed by atoms with Crippen LogP contribution in [0.4, 0.5) is 0 Å². The zero-order chi connectivity index (χ0) is 11.7. The Morgan fingerprint density at radius 1 is 1.18 bits per heavy atom. The lowest BCUT2D eigenvalue weighted by atomic mass is 9.99. The number of carbonyl (C=O) groups excluding carboxylic acids is 1. The fourth-order valence-corrected chi connectivity index (χ4v) is 2.69. The number of rotatable bonds is 1. The summed E-state index contributed by atoms with van der Waals surface area (Å²) in [6.07, 6.45) is 2.46. The molecule has 1 aromatic rings. The molecule has 1 unspecified atom stereocenters. The molecule has 0 saturated carbocycles. The Morgan fingerprint density at radius 3 is 2.76 bits per heavy atom. The third-order valence-electron chi connectivity index (χ3n) is 3.73. The standard InChI is InChI=1S/C14H17NO2/c16-13-5-7-15(8-6-13)12-9-11-3-1-2-4-14(11)17-10-12/h1-4,12H,5-10H2. The van der Waals surface area contributed by atoms with Gasteiger partial charge in [0.1, 0.15) is 18.1 Å². The van der Waals surface area contributed by atoms with Gasteiger partial charge in [0.25, 0.3) is 0 Å². The summed E-state index contributed by atoms with van der Waals surface area (Å²) in [6.45, 7) is 2.55. The lowest BCUT2D eigenvalue weighted by molar-refractivity contribution is -0.122. The minimum absolute atomic E-state index is 0.401. The molecule has 1 saturated heterocycles. The van der Waals surface area contributed by atoms with Crippen LogP contribution in [0, 0.1) is 0 Å². The molecule has 3 rings (SSSR count). The Bertz CT molecular complexity index is 420. The van der Waals surface area contributed by atoms with Crippen molar-refractivity contribution in [3.8, 4) is 5.75 Å². The minimum Gasteiger partial charge on any atom is -0.492 e. The predicted molar refractivity (Wildman–Crippen MR) is 65.2 cm³/mol. The van der Waals surface area contributed by atoms with Gasteiger partial charge in [-0.2, -0.15) is 0 Å². The van der Waals surface area contributed by atoms with Gasteiger partial charge in [0, 0.05) is 32.0 Å². The summed E-state index contributed by atoms with van der Waals surface area (Å²) in [7, 11) is 0. The molecule has 1 aromatic carbocycles. The summed E-state index contributed by atoms with van der Waals surface area (Å²) < 4.78 is 5.79. The van der Waals surface area contributed by atoms with Crippen molar-refractivity contribution in [3.63, 3.8) is 0 Å². The normalized spacial score (nSPS) is 25.2. The first-order chi connectivity index (χ1) is 8.33. The second-order valence-corrected chi connectivity index (χ2v) is 4.85. The van der Waals surface area contributed by atoms with E-state index in [1.807, 2.05) is 12.1 Å². The van der Waals surface area contributed by atoms with Gasteiger partial charge in [-0.15, -0.1) is 0 Å². The van der Waals surface area contributed by atoms with Crippen LogP contribution in [0.5, 0.6) is 5.75 Å². The fourth-order valence-electron chi connectivity index (χ4n) is 2.69. The van der Waals surface area contributed by atoms with Crippen LogP contribution in [0.3, 0.4) is 0 Å². The van der Waals surface area contributed by atoms with Crippen LogP contribution in [0.1, 0.15) is 18.4 Å². The SMILES string of the molecule is O=C1CCN(C2COc3ccccc3C2)CC1. The third kappa shape index (κ3) is 2.20. The van der Waals surface area contributed by atoms with Crippen LogP contribution >= 0.6 is 0 Å². The zero-order valence-electron chi connectivity index (χ0n) is 9.89.